The van der Waals surface area contributed by atoms with E-state index >= 15 is 0 Å². The van der Waals surface area contributed by atoms with E-state index in [0.29, 0.717) is 0 Å². The fourth-order valence-corrected chi connectivity index (χ4v) is 0.439. The highest BCUT2D eigenvalue weighted by atomic mass is 32.2. The summed E-state index contributed by atoms with van der Waals surface area (Å²) in [6.45, 7) is 0. The molecular formula is C5H6N2O4S. The van der Waals surface area contributed by atoms with E-state index in [4.69, 9.17) is 10.2 Å². The fraction of sp³-hybridized carbons (Fsp3) is 0. The van der Waals surface area contributed by atoms with E-state index in [2.05, 4.69) is 9.97 Å². The van der Waals surface area contributed by atoms with Crippen molar-refractivity contribution in [3.63, 3.8) is 0 Å². The van der Waals surface area contributed by atoms with Gasteiger partial charge in [0.2, 0.25) is 0 Å². The predicted molar refractivity (Wildman–Crippen MR) is 42.2 cm³/mol. The number of thioether (sulfide) groups is 1. The Bertz CT molecular complexity index is 206. The van der Waals surface area contributed by atoms with Gasteiger partial charge in [0.05, 0.1) is 18.1 Å². The number of aromatic nitrogens is 2. The van der Waals surface area contributed by atoms with E-state index in [-0.39, 0.29) is 11.8 Å². The number of carbonyl (C=O) groups is 2. The molecule has 0 aliphatic rings. The maximum atomic E-state index is 9.39. The van der Waals surface area contributed by atoms with Crippen LogP contribution in [-0.2, 0) is 0 Å². The van der Waals surface area contributed by atoms with Crippen LogP contribution in [0.1, 0.15) is 0 Å². The van der Waals surface area contributed by atoms with Gasteiger partial charge in [0, 0.05) is 12.4 Å². The number of nitrogens with zero attached hydrogens (tertiary/aromatic N) is 1. The molecule has 0 aromatic carbocycles. The maximum absolute atomic E-state index is 9.39. The highest BCUT2D eigenvalue weighted by Gasteiger charge is 2.03. The molecule has 0 spiro atoms. The second-order valence-electron chi connectivity index (χ2n) is 1.39. The largest absolute Gasteiger partial charge is 0.473 e. The molecule has 0 amide bonds. The lowest BCUT2D eigenvalue weighted by Gasteiger charge is -1.78. The van der Waals surface area contributed by atoms with Crippen LogP contribution in [0.4, 0.5) is 9.59 Å². The van der Waals surface area contributed by atoms with Gasteiger partial charge in [-0.25, -0.2) is 14.6 Å². The number of carboxylic acid groups (broad SMARTS) is 2. The molecule has 1 heterocycles. The molecule has 0 aliphatic heterocycles. The summed E-state index contributed by atoms with van der Waals surface area (Å²) >= 11 is -0.157. The average molecular weight is 190 g/mol. The van der Waals surface area contributed by atoms with E-state index in [1.54, 1.807) is 18.7 Å². The maximum Gasteiger partial charge on any atom is 0.376 e. The normalized spacial score (nSPS) is 8.00. The Kier molecular flexibility index (Phi) is 5.45. The van der Waals surface area contributed by atoms with Crippen LogP contribution in [0.15, 0.2) is 18.7 Å². The third kappa shape index (κ3) is 8.50. The molecule has 0 fully saturated rings. The molecule has 0 aliphatic carbocycles. The first-order valence-corrected chi connectivity index (χ1v) is 3.51. The van der Waals surface area contributed by atoms with Crippen molar-refractivity contribution in [1.29, 1.82) is 0 Å². The molecule has 6 nitrogen and oxygen atoms in total. The van der Waals surface area contributed by atoms with Crippen LogP contribution >= 0.6 is 11.8 Å². The summed E-state index contributed by atoms with van der Waals surface area (Å²) in [5.74, 6) is 0. The Hall–Kier alpha value is -1.50. The van der Waals surface area contributed by atoms with Gasteiger partial charge < -0.3 is 15.2 Å². The van der Waals surface area contributed by atoms with Gasteiger partial charge in [0.15, 0.2) is 0 Å². The summed E-state index contributed by atoms with van der Waals surface area (Å²) in [6.07, 6.45) is 5.08. The Balaban J connectivity index is 0.000000211. The second-order valence-corrected chi connectivity index (χ2v) is 2.30. The Morgan fingerprint density at radius 3 is 2.00 bits per heavy atom. The molecule has 1 rings (SSSR count). The number of H-pyrrole nitrogens is 1. The lowest BCUT2D eigenvalue weighted by Crippen LogP contribution is -1.90. The van der Waals surface area contributed by atoms with Crippen LogP contribution in [0.2, 0.25) is 0 Å². The first-order chi connectivity index (χ1) is 5.63. The molecule has 1 aromatic heterocycles. The minimum Gasteiger partial charge on any atom is -0.473 e. The van der Waals surface area contributed by atoms with E-state index < -0.39 is 10.6 Å². The number of rotatable bonds is 0. The number of aromatic amines is 1. The Labute approximate surface area is 71.6 Å². The molecule has 0 saturated heterocycles. The van der Waals surface area contributed by atoms with Crippen molar-refractivity contribution < 1.29 is 19.8 Å². The second kappa shape index (κ2) is 6.23. The zero-order valence-electron chi connectivity index (χ0n) is 5.80. The van der Waals surface area contributed by atoms with Crippen molar-refractivity contribution in [2.24, 2.45) is 0 Å². The molecule has 0 bridgehead atoms. The van der Waals surface area contributed by atoms with E-state index in [9.17, 15) is 9.59 Å². The third-order valence-corrected chi connectivity index (χ3v) is 0.930. The van der Waals surface area contributed by atoms with E-state index in [0.717, 1.165) is 0 Å². The summed E-state index contributed by atoms with van der Waals surface area (Å²) in [4.78, 5) is 25.2. The van der Waals surface area contributed by atoms with E-state index in [1.165, 1.54) is 0 Å². The predicted octanol–water partition coefficient (Wildman–Crippen LogP) is 1.49. The van der Waals surface area contributed by atoms with Crippen molar-refractivity contribution in [2.75, 3.05) is 0 Å². The van der Waals surface area contributed by atoms with Crippen LogP contribution < -0.4 is 0 Å². The molecule has 0 unspecified atom stereocenters. The van der Waals surface area contributed by atoms with Gasteiger partial charge >= 0.3 is 10.6 Å². The molecule has 66 valence electrons. The van der Waals surface area contributed by atoms with Crippen LogP contribution in [-0.4, -0.2) is 30.8 Å². The molecule has 0 radical (unpaired) electrons. The van der Waals surface area contributed by atoms with Gasteiger partial charge in [-0.05, 0) is 0 Å². The summed E-state index contributed by atoms with van der Waals surface area (Å²) in [5, 5.41) is 12.5. The molecule has 0 saturated carbocycles. The first kappa shape index (κ1) is 10.5. The zero-order chi connectivity index (χ0) is 9.40. The molecular weight excluding hydrogens is 184 g/mol. The lowest BCUT2D eigenvalue weighted by atomic mass is 11.0. The van der Waals surface area contributed by atoms with Gasteiger partial charge in [-0.15, -0.1) is 0 Å². The fourth-order valence-electron chi connectivity index (χ4n) is 0.290. The summed E-state index contributed by atoms with van der Waals surface area (Å²) < 4.78 is 0. The minimum atomic E-state index is -1.40. The van der Waals surface area contributed by atoms with Crippen LogP contribution in [0.25, 0.3) is 0 Å². The van der Waals surface area contributed by atoms with Gasteiger partial charge in [0.1, 0.15) is 0 Å². The lowest BCUT2D eigenvalue weighted by molar-refractivity contribution is 0.217. The first-order valence-electron chi connectivity index (χ1n) is 2.69. The van der Waals surface area contributed by atoms with Crippen LogP contribution in [0, 0.1) is 0 Å². The quantitative estimate of drug-likeness (QED) is 0.572. The van der Waals surface area contributed by atoms with Crippen molar-refractivity contribution >= 4 is 22.4 Å². The number of imidazole rings is 1. The Morgan fingerprint density at radius 1 is 1.33 bits per heavy atom. The molecule has 12 heavy (non-hydrogen) atoms. The van der Waals surface area contributed by atoms with Gasteiger partial charge in [0.25, 0.3) is 0 Å². The molecule has 0 atom stereocenters. The van der Waals surface area contributed by atoms with Crippen molar-refractivity contribution in [1.82, 2.24) is 9.97 Å². The highest BCUT2D eigenvalue weighted by molar-refractivity contribution is 8.25. The summed E-state index contributed by atoms with van der Waals surface area (Å²) in [7, 11) is 0. The molecule has 7 heteroatoms. The molecule has 1 aromatic rings. The molecule has 3 N–H and O–H groups in total. The van der Waals surface area contributed by atoms with Gasteiger partial charge in [-0.3, -0.25) is 0 Å². The van der Waals surface area contributed by atoms with Crippen molar-refractivity contribution in [3.8, 4) is 0 Å². The smallest absolute Gasteiger partial charge is 0.376 e. The minimum absolute atomic E-state index is 0.157. The van der Waals surface area contributed by atoms with Gasteiger partial charge in [-0.2, -0.15) is 0 Å². The van der Waals surface area contributed by atoms with Crippen LogP contribution in [0.3, 0.4) is 0 Å². The summed E-state index contributed by atoms with van der Waals surface area (Å²) in [5.41, 5.74) is 0. The highest BCUT2D eigenvalue weighted by Crippen LogP contribution is 1.99. The zero-order valence-corrected chi connectivity index (χ0v) is 6.61. The average Bonchev–Trinajstić information content (AvgIpc) is 2.36. The monoisotopic (exact) mass is 190 g/mol. The topological polar surface area (TPSA) is 103 Å². The number of hydrogen-bond donors (Lipinski definition) is 3. The number of nitrogens with one attached hydrogen (secondary N) is 1. The van der Waals surface area contributed by atoms with E-state index in [1.807, 2.05) is 0 Å². The SMILES string of the molecule is O=C(O)SC(=O)O.c1c[nH]cn1. The van der Waals surface area contributed by atoms with Crippen molar-refractivity contribution in [3.05, 3.63) is 18.7 Å². The van der Waals surface area contributed by atoms with Crippen molar-refractivity contribution in [2.45, 2.75) is 0 Å². The Morgan fingerprint density at radius 2 is 1.92 bits per heavy atom. The number of hydrogen-bond acceptors (Lipinski definition) is 4. The van der Waals surface area contributed by atoms with Gasteiger partial charge in [-0.1, -0.05) is 0 Å². The standard InChI is InChI=1S/C3H4N2.C2H2O4S/c1-2-5-3-4-1;3-1(4)7-2(5)6/h1-3H,(H,4,5);(H,3,4)(H,5,6). The summed E-state index contributed by atoms with van der Waals surface area (Å²) in [6, 6.07) is 0. The van der Waals surface area contributed by atoms with Crippen LogP contribution in [0.5, 0.6) is 0 Å². The third-order valence-electron chi connectivity index (χ3n) is 0.581.